The third kappa shape index (κ3) is 5.95. The fourth-order valence-electron chi connectivity index (χ4n) is 3.13. The number of hydrogen-bond donors (Lipinski definition) is 3. The van der Waals surface area contributed by atoms with Crippen molar-refractivity contribution in [2.75, 3.05) is 30.7 Å². The van der Waals surface area contributed by atoms with Gasteiger partial charge in [0.1, 0.15) is 0 Å². The maximum absolute atomic E-state index is 12.1. The molecule has 1 atom stereocenters. The monoisotopic (exact) mass is 436 g/mol. The van der Waals surface area contributed by atoms with Crippen LogP contribution in [0.1, 0.15) is 37.4 Å². The maximum Gasteiger partial charge on any atom is 0.195 e. The highest BCUT2D eigenvalue weighted by molar-refractivity contribution is 7.91. The summed E-state index contributed by atoms with van der Waals surface area (Å²) < 4.78 is 24.1. The summed E-state index contributed by atoms with van der Waals surface area (Å²) in [5.41, 5.74) is 3.16. The molecule has 1 aliphatic rings. The van der Waals surface area contributed by atoms with E-state index < -0.39 is 9.84 Å². The highest BCUT2D eigenvalue weighted by Gasteiger charge is 2.16. The maximum atomic E-state index is 12.1. The van der Waals surface area contributed by atoms with Crippen molar-refractivity contribution in [2.45, 2.75) is 31.2 Å². The molecule has 6 nitrogen and oxygen atoms in total. The Kier molecular flexibility index (Phi) is 8.49. The van der Waals surface area contributed by atoms with Crippen LogP contribution in [0.15, 0.2) is 58.4 Å². The second kappa shape index (κ2) is 10.6. The minimum Gasteiger partial charge on any atom is -0.354 e. The predicted octanol–water partition coefficient (Wildman–Crippen LogP) is 3.36. The summed E-state index contributed by atoms with van der Waals surface area (Å²) >= 11 is 0. The Morgan fingerprint density at radius 3 is 2.17 bits per heavy atom. The van der Waals surface area contributed by atoms with Crippen LogP contribution in [0, 0.1) is 0 Å². The fourth-order valence-corrected chi connectivity index (χ4v) is 4.01. The molecule has 0 saturated heterocycles. The van der Waals surface area contributed by atoms with E-state index in [4.69, 9.17) is 0 Å². The topological polar surface area (TPSA) is 82.6 Å². The molecule has 0 bridgehead atoms. The number of anilines is 1. The first-order chi connectivity index (χ1) is 13.5. The van der Waals surface area contributed by atoms with Crippen molar-refractivity contribution in [3.05, 3.63) is 59.7 Å². The van der Waals surface area contributed by atoms with Gasteiger partial charge in [0.2, 0.25) is 0 Å². The lowest BCUT2D eigenvalue weighted by Crippen LogP contribution is -2.26. The van der Waals surface area contributed by atoms with Gasteiger partial charge in [-0.05, 0) is 48.4 Å². The fraction of sp³-hybridized carbons (Fsp3) is 0.381. The van der Waals surface area contributed by atoms with Gasteiger partial charge in [-0.3, -0.25) is 4.99 Å². The molecule has 0 radical (unpaired) electrons. The van der Waals surface area contributed by atoms with Gasteiger partial charge in [0, 0.05) is 12.2 Å². The summed E-state index contributed by atoms with van der Waals surface area (Å²) in [7, 11) is -3.19. The van der Waals surface area contributed by atoms with Gasteiger partial charge in [-0.1, -0.05) is 38.1 Å². The smallest absolute Gasteiger partial charge is 0.195 e. The van der Waals surface area contributed by atoms with E-state index in [1.165, 1.54) is 0 Å². The minimum absolute atomic E-state index is 0. The molecule has 0 amide bonds. The van der Waals surface area contributed by atoms with Gasteiger partial charge in [0.05, 0.1) is 23.2 Å². The largest absolute Gasteiger partial charge is 0.354 e. The van der Waals surface area contributed by atoms with Gasteiger partial charge in [0.15, 0.2) is 15.8 Å². The van der Waals surface area contributed by atoms with Crippen molar-refractivity contribution >= 4 is 33.9 Å². The number of hydrogen-bond acceptors (Lipinski definition) is 6. The number of halogens is 1. The quantitative estimate of drug-likeness (QED) is 0.591. The Morgan fingerprint density at radius 1 is 1.03 bits per heavy atom. The van der Waals surface area contributed by atoms with E-state index in [-0.39, 0.29) is 24.2 Å². The Hall–Kier alpha value is -2.09. The molecule has 8 heteroatoms. The van der Waals surface area contributed by atoms with Gasteiger partial charge < -0.3 is 16.0 Å². The number of aliphatic imine (C=N–C) groups is 1. The van der Waals surface area contributed by atoms with Crippen LogP contribution in [-0.2, 0) is 9.84 Å². The van der Waals surface area contributed by atoms with Gasteiger partial charge in [0.25, 0.3) is 0 Å². The molecule has 2 aromatic carbocycles. The van der Waals surface area contributed by atoms with Crippen LogP contribution in [0.2, 0.25) is 0 Å². The second-order valence-corrected chi connectivity index (χ2v) is 9.04. The molecule has 2 aromatic rings. The zero-order valence-corrected chi connectivity index (χ0v) is 18.4. The molecule has 1 aliphatic heterocycles. The summed E-state index contributed by atoms with van der Waals surface area (Å²) in [6.07, 6.45) is 1.02. The third-order valence-corrected chi connectivity index (χ3v) is 6.48. The van der Waals surface area contributed by atoms with Crippen molar-refractivity contribution in [3.63, 3.8) is 0 Å². The zero-order valence-electron chi connectivity index (χ0n) is 16.8. The van der Waals surface area contributed by atoms with E-state index in [9.17, 15) is 8.42 Å². The molecular weight excluding hydrogens is 408 g/mol. The van der Waals surface area contributed by atoms with Crippen LogP contribution in [0.5, 0.6) is 0 Å². The summed E-state index contributed by atoms with van der Waals surface area (Å²) in [4.78, 5) is 4.72. The second-order valence-electron chi connectivity index (χ2n) is 6.76. The summed E-state index contributed by atoms with van der Waals surface area (Å²) in [6, 6.07) is 15.5. The molecule has 1 unspecified atom stereocenters. The highest BCUT2D eigenvalue weighted by Crippen LogP contribution is 2.25. The Bertz CT molecular complexity index is 913. The molecular formula is C21H29ClN4O2S. The first-order valence-electron chi connectivity index (χ1n) is 9.75. The molecule has 0 saturated carbocycles. The number of benzene rings is 2. The molecule has 0 fully saturated rings. The summed E-state index contributed by atoms with van der Waals surface area (Å²) in [5, 5.41) is 10.0. The van der Waals surface area contributed by atoms with Gasteiger partial charge in [-0.25, -0.2) is 8.42 Å². The summed E-state index contributed by atoms with van der Waals surface area (Å²) in [5.74, 6) is 0.916. The number of nitrogens with zero attached hydrogens (tertiary/aromatic N) is 1. The standard InChI is InChI=1S/C21H28N4O2S.ClH/c1-3-13-22-20(17-7-11-19(12-8-17)28(26,27)4-2)16-5-9-18(10-6-16)25-21-23-14-15-24-21;/h5-12,20,22H,3-4,13-15H2,1-2H3,(H2,23,24,25);1H. The van der Waals surface area contributed by atoms with Crippen LogP contribution in [-0.4, -0.2) is 39.8 Å². The van der Waals surface area contributed by atoms with E-state index in [0.29, 0.717) is 4.90 Å². The van der Waals surface area contributed by atoms with Crippen molar-refractivity contribution in [1.82, 2.24) is 10.6 Å². The van der Waals surface area contributed by atoms with E-state index in [1.54, 1.807) is 19.1 Å². The van der Waals surface area contributed by atoms with Crippen LogP contribution in [0.25, 0.3) is 0 Å². The number of nitrogens with one attached hydrogen (secondary N) is 3. The van der Waals surface area contributed by atoms with E-state index in [2.05, 4.69) is 40.0 Å². The molecule has 29 heavy (non-hydrogen) atoms. The Morgan fingerprint density at radius 2 is 1.66 bits per heavy atom. The van der Waals surface area contributed by atoms with Crippen molar-refractivity contribution in [3.8, 4) is 0 Å². The number of rotatable bonds is 8. The van der Waals surface area contributed by atoms with Crippen LogP contribution in [0.3, 0.4) is 0 Å². The molecule has 0 spiro atoms. The first-order valence-corrected chi connectivity index (χ1v) is 11.4. The van der Waals surface area contributed by atoms with Crippen LogP contribution in [0.4, 0.5) is 5.69 Å². The van der Waals surface area contributed by atoms with E-state index in [1.807, 2.05) is 24.3 Å². The Balaban J connectivity index is 0.00000300. The first kappa shape index (κ1) is 23.2. The predicted molar refractivity (Wildman–Crippen MR) is 122 cm³/mol. The van der Waals surface area contributed by atoms with Gasteiger partial charge in [-0.15, -0.1) is 12.4 Å². The van der Waals surface area contributed by atoms with Crippen LogP contribution < -0.4 is 16.0 Å². The average molecular weight is 437 g/mol. The normalized spacial score (nSPS) is 14.5. The molecule has 158 valence electrons. The van der Waals surface area contributed by atoms with Crippen molar-refractivity contribution < 1.29 is 8.42 Å². The van der Waals surface area contributed by atoms with E-state index in [0.717, 1.165) is 48.8 Å². The third-order valence-electron chi connectivity index (χ3n) is 4.73. The minimum atomic E-state index is -3.19. The molecule has 3 rings (SSSR count). The molecule has 1 heterocycles. The lowest BCUT2D eigenvalue weighted by atomic mass is 9.98. The average Bonchev–Trinajstić information content (AvgIpc) is 3.23. The highest BCUT2D eigenvalue weighted by atomic mass is 35.5. The van der Waals surface area contributed by atoms with E-state index >= 15 is 0 Å². The summed E-state index contributed by atoms with van der Waals surface area (Å²) in [6.45, 7) is 6.33. The van der Waals surface area contributed by atoms with Crippen molar-refractivity contribution in [1.29, 1.82) is 0 Å². The lowest BCUT2D eigenvalue weighted by Gasteiger charge is -2.20. The zero-order chi connectivity index (χ0) is 20.0. The molecule has 0 aromatic heterocycles. The van der Waals surface area contributed by atoms with Gasteiger partial charge >= 0.3 is 0 Å². The Labute approximate surface area is 179 Å². The molecule has 3 N–H and O–H groups in total. The number of guanidine groups is 1. The lowest BCUT2D eigenvalue weighted by molar-refractivity contribution is 0.594. The van der Waals surface area contributed by atoms with Gasteiger partial charge in [-0.2, -0.15) is 0 Å². The van der Waals surface area contributed by atoms with Crippen LogP contribution >= 0.6 is 12.4 Å². The van der Waals surface area contributed by atoms with Crippen molar-refractivity contribution in [2.24, 2.45) is 4.99 Å². The number of sulfone groups is 1. The SMILES string of the molecule is CCCNC(c1ccc(NC2=NCCN2)cc1)c1ccc(S(=O)(=O)CC)cc1.Cl. The molecule has 0 aliphatic carbocycles.